The molecule has 19 nitrogen and oxygen atoms in total. The van der Waals surface area contributed by atoms with E-state index in [1.807, 2.05) is 183 Å². The largest absolute Gasteiger partial charge is 0.505 e. The lowest BCUT2D eigenvalue weighted by Gasteiger charge is -2.25. The van der Waals surface area contributed by atoms with E-state index >= 15 is 0 Å². The van der Waals surface area contributed by atoms with Crippen molar-refractivity contribution in [3.8, 4) is 17.2 Å². The van der Waals surface area contributed by atoms with E-state index in [4.69, 9.17) is 25.6 Å². The summed E-state index contributed by atoms with van der Waals surface area (Å²) in [5.41, 5.74) is 10.3. The van der Waals surface area contributed by atoms with E-state index in [1.54, 1.807) is 78.9 Å². The monoisotopic (exact) mass is 1480 g/mol. The summed E-state index contributed by atoms with van der Waals surface area (Å²) in [5, 5.41) is 77.3. The van der Waals surface area contributed by atoms with Crippen LogP contribution in [0.1, 0.15) is 27.0 Å². The molecule has 3 amide bonds. The summed E-state index contributed by atoms with van der Waals surface area (Å²) >= 11 is 0. The molecule has 0 atom stereocenters. The number of alkyl halides is 3. The second-order valence-electron chi connectivity index (χ2n) is 27.2. The molecule has 3 aromatic heterocycles. The number of aromatic hydroxyl groups is 3. The van der Waals surface area contributed by atoms with Crippen LogP contribution in [0.3, 0.4) is 0 Å². The van der Waals surface area contributed by atoms with Crippen molar-refractivity contribution in [1.29, 1.82) is 0 Å². The predicted molar refractivity (Wildman–Crippen MR) is 437 cm³/mol. The van der Waals surface area contributed by atoms with Crippen molar-refractivity contribution >= 4 is 196 Å². The Labute approximate surface area is 633 Å². The number of rotatable bonds is 17. The number of benzene rings is 15. The van der Waals surface area contributed by atoms with Crippen molar-refractivity contribution in [3.05, 3.63) is 295 Å². The van der Waals surface area contributed by atoms with Gasteiger partial charge in [-0.25, -0.2) is 0 Å². The Kier molecular flexibility index (Phi) is 16.8. The number of aryl methyl sites for hydroxylation is 2. The number of amides is 3. The number of para-hydroxylation sites is 3. The molecule has 18 rings (SSSR count). The number of nitrogens with zero attached hydrogens (tertiary/aromatic N) is 9. The molecule has 0 spiro atoms. The van der Waals surface area contributed by atoms with Gasteiger partial charge in [0, 0.05) is 99.2 Å². The zero-order valence-corrected chi connectivity index (χ0v) is 59.4. The highest BCUT2D eigenvalue weighted by atomic mass is 19.4. The zero-order valence-electron chi connectivity index (χ0n) is 59.4. The van der Waals surface area contributed by atoms with Crippen LogP contribution < -0.4 is 20.0 Å². The molecule has 0 unspecified atom stereocenters. The van der Waals surface area contributed by atoms with Gasteiger partial charge in [0.05, 0.1) is 56.1 Å². The lowest BCUT2D eigenvalue weighted by Crippen LogP contribution is -2.14. The summed E-state index contributed by atoms with van der Waals surface area (Å²) in [6.07, 6.45) is -3.29. The van der Waals surface area contributed by atoms with Crippen molar-refractivity contribution in [1.82, 2.24) is 15.0 Å². The molecule has 3 heterocycles. The Balaban J connectivity index is 0.736. The molecule has 0 bridgehead atoms. The number of hydrogen-bond donors (Lipinski definition) is 7. The highest BCUT2D eigenvalue weighted by Gasteiger charge is 2.31. The lowest BCUT2D eigenvalue weighted by molar-refractivity contribution is -0.137. The Bertz CT molecular complexity index is 6690. The molecule has 15 aromatic carbocycles. The fourth-order valence-corrected chi connectivity index (χ4v) is 14.8. The molecule has 0 saturated heterocycles. The molecule has 0 aliphatic heterocycles. The number of carbonyl (C=O) groups is 3. The number of H-pyrrole nitrogens is 3. The first-order chi connectivity index (χ1) is 54.5. The van der Waals surface area contributed by atoms with Crippen LogP contribution in [0.4, 0.5) is 92.8 Å². The molecule has 22 heteroatoms. The van der Waals surface area contributed by atoms with Crippen LogP contribution in [0.25, 0.3) is 97.7 Å². The average Bonchev–Trinajstić information content (AvgIpc) is 1.52. The quantitative estimate of drug-likeness (QED) is 0.0342. The van der Waals surface area contributed by atoms with Crippen LogP contribution in [-0.2, 0) is 15.8 Å². The van der Waals surface area contributed by atoms with Crippen LogP contribution in [-0.4, -0.2) is 49.0 Å². The third-order valence-electron chi connectivity index (χ3n) is 20.3. The predicted octanol–water partition coefficient (Wildman–Crippen LogP) is 25.4. The molecule has 0 aliphatic carbocycles. The summed E-state index contributed by atoms with van der Waals surface area (Å²) in [6, 6.07) is 80.4. The number of hydrogen-bond acceptors (Lipinski definition) is 13. The van der Waals surface area contributed by atoms with Gasteiger partial charge in [0.2, 0.25) is 12.8 Å². The summed E-state index contributed by atoms with van der Waals surface area (Å²) < 4.78 is 40.7. The first-order valence-corrected chi connectivity index (χ1v) is 35.6. The van der Waals surface area contributed by atoms with E-state index in [-0.39, 0.29) is 51.2 Å². The number of phenols is 3. The first kappa shape index (κ1) is 68.5. The Morgan fingerprint density at radius 3 is 1.08 bits per heavy atom. The fourth-order valence-electron chi connectivity index (χ4n) is 14.8. The van der Waals surface area contributed by atoms with Gasteiger partial charge < -0.3 is 40.5 Å². The second-order valence-corrected chi connectivity index (χ2v) is 27.2. The van der Waals surface area contributed by atoms with Gasteiger partial charge in [-0.15, -0.1) is 15.3 Å². The number of carbonyl (C=O) groups excluding carboxylic acids is 3. The number of nitrogens with one attached hydrogen (secondary N) is 4. The van der Waals surface area contributed by atoms with Crippen molar-refractivity contribution in [2.75, 3.05) is 20.0 Å². The summed E-state index contributed by atoms with van der Waals surface area (Å²) in [5.74, 6) is -1.88. The van der Waals surface area contributed by atoms with Gasteiger partial charge in [-0.3, -0.25) is 24.2 Å². The number of azo groups is 3. The Morgan fingerprint density at radius 1 is 0.384 bits per heavy atom. The van der Waals surface area contributed by atoms with Gasteiger partial charge in [-0.1, -0.05) is 126 Å². The van der Waals surface area contributed by atoms with E-state index in [2.05, 4.69) is 25.4 Å². The van der Waals surface area contributed by atoms with Crippen LogP contribution >= 0.6 is 0 Å². The molecule has 18 aromatic rings. The molecule has 0 fully saturated rings. The smallest absolute Gasteiger partial charge is 0.416 e. The van der Waals surface area contributed by atoms with Gasteiger partial charge >= 0.3 is 6.18 Å². The normalized spacial score (nSPS) is 12.1. The number of aromatic nitrogens is 3. The maximum Gasteiger partial charge on any atom is 0.416 e. The van der Waals surface area contributed by atoms with E-state index in [1.165, 1.54) is 15.9 Å². The van der Waals surface area contributed by atoms with Crippen molar-refractivity contribution in [2.45, 2.75) is 20.0 Å². The number of fused-ring (bicyclic) bond motifs is 15. The molecule has 0 radical (unpaired) electrons. The topological polar surface area (TPSA) is 255 Å². The zero-order chi connectivity index (χ0) is 76.6. The molecular formula is C90H60F3N13O6. The van der Waals surface area contributed by atoms with Gasteiger partial charge in [0.1, 0.15) is 17.1 Å². The molecule has 0 aliphatic rings. The molecule has 112 heavy (non-hydrogen) atoms. The molecule has 542 valence electrons. The minimum absolute atomic E-state index is 0.0488. The van der Waals surface area contributed by atoms with Crippen LogP contribution in [0.5, 0.6) is 17.2 Å². The van der Waals surface area contributed by atoms with Gasteiger partial charge in [-0.05, 0) is 188 Å². The highest BCUT2D eigenvalue weighted by molar-refractivity contribution is 6.25. The van der Waals surface area contributed by atoms with Crippen molar-refractivity contribution in [3.63, 3.8) is 0 Å². The molecule has 0 saturated carbocycles. The van der Waals surface area contributed by atoms with E-state index < -0.39 is 23.4 Å². The van der Waals surface area contributed by atoms with E-state index in [9.17, 15) is 42.9 Å². The van der Waals surface area contributed by atoms with Gasteiger partial charge in [-0.2, -0.15) is 28.5 Å². The summed E-state index contributed by atoms with van der Waals surface area (Å²) in [6.45, 7) is 3.89. The van der Waals surface area contributed by atoms with Gasteiger partial charge in [0.15, 0.2) is 17.2 Å². The standard InChI is InChI=1S/C90H60F3N13O6/c1-50-15-32-60(33-16-50)104(48-107)75-46-53-20-43-69-66-10-4-7-13-73(66)96-81(69)78(53)84(87(75)110)102-99-58-28-38-63(39-29-58)106(64-40-30-59(31-41-64)100-103-85-79-54(21-44-70-67-11-5-8-14-74(67)97-82(70)79)47-76(88(85)111)105(49-108)61-34-17-51(2)18-35-61)62-36-26-57(27-37-62)98-101-83-77-52(19-42-68-65-9-3-6-12-72(65)95-80(68)77)45-71(86(83)109)89(112)94-56-24-22-55(23-25-56)90(91,92)93/h3-49,95-97,109-111H,1-2H3,(H,94,112). The lowest BCUT2D eigenvalue weighted by atomic mass is 10.00. The van der Waals surface area contributed by atoms with Crippen LogP contribution in [0.15, 0.2) is 304 Å². The second kappa shape index (κ2) is 27.5. The maximum absolute atomic E-state index is 14.1. The maximum atomic E-state index is 14.1. The van der Waals surface area contributed by atoms with E-state index in [0.29, 0.717) is 96.2 Å². The van der Waals surface area contributed by atoms with Crippen LogP contribution in [0, 0.1) is 13.8 Å². The third-order valence-corrected chi connectivity index (χ3v) is 20.3. The summed E-state index contributed by atoms with van der Waals surface area (Å²) in [7, 11) is 0. The number of aromatic amines is 3. The van der Waals surface area contributed by atoms with Crippen LogP contribution in [0.2, 0.25) is 0 Å². The number of phenolic OH excluding ortho intramolecular Hbond substituents is 3. The Hall–Kier alpha value is -15.3. The minimum atomic E-state index is -4.60. The van der Waals surface area contributed by atoms with Gasteiger partial charge in [0.25, 0.3) is 5.91 Å². The third kappa shape index (κ3) is 12.1. The minimum Gasteiger partial charge on any atom is -0.505 e. The molecule has 7 N–H and O–H groups in total. The SMILES string of the molecule is Cc1ccc(N(C=O)c2cc3ccc4c5ccccc5[nH]c4c3c(N=Nc3ccc(N(c4ccc(N=Nc5c(O)c(C(=O)Nc6ccc(C(F)(F)F)cc6)cc6ccc7c8ccccc8[nH]c7c56)cc4)c4ccc(N=Nc5c(O)c(N(C=O)c6ccc(C)cc6)cc6ccc7c8ccccc8[nH]c7c56)cc4)cc3)c2O)cc1. The van der Waals surface area contributed by atoms with Crippen molar-refractivity contribution < 1.29 is 42.9 Å². The summed E-state index contributed by atoms with van der Waals surface area (Å²) in [4.78, 5) is 55.5. The van der Waals surface area contributed by atoms with Crippen molar-refractivity contribution in [2.24, 2.45) is 30.7 Å². The fraction of sp³-hybridized carbons (Fsp3) is 0.0333. The molecular weight excluding hydrogens is 1420 g/mol. The average molecular weight is 1480 g/mol. The van der Waals surface area contributed by atoms with E-state index in [0.717, 1.165) is 95.3 Å². The number of halogens is 3. The highest BCUT2D eigenvalue weighted by Crippen LogP contribution is 2.52. The Morgan fingerprint density at radius 2 is 0.723 bits per heavy atom. The number of anilines is 8. The first-order valence-electron chi connectivity index (χ1n) is 35.6.